The Labute approximate surface area is 134 Å². The molecule has 3 aromatic carbocycles. The van der Waals surface area contributed by atoms with Crippen LogP contribution in [0.25, 0.3) is 21.5 Å². The molecule has 3 rings (SSSR count). The Hall–Kier alpha value is -0.574. The second kappa shape index (κ2) is 6.05. The number of fused-ring (bicyclic) bond motifs is 3. The second-order valence-corrected chi connectivity index (χ2v) is 4.33. The quantitative estimate of drug-likeness (QED) is 0.331. The van der Waals surface area contributed by atoms with Crippen LogP contribution in [0.1, 0.15) is 11.1 Å². The van der Waals surface area contributed by atoms with Crippen LogP contribution in [0.2, 0.25) is 0 Å². The summed E-state index contributed by atoms with van der Waals surface area (Å²) in [7, 11) is 0. The number of benzene rings is 3. The molecule has 0 atom stereocenters. The molecule has 0 saturated carbocycles. The Kier molecular flexibility index (Phi) is 5.20. The number of halogens is 1. The van der Waals surface area contributed by atoms with E-state index in [9.17, 15) is 0 Å². The molecule has 3 aromatic rings. The molecule has 86 valence electrons. The summed E-state index contributed by atoms with van der Waals surface area (Å²) in [6, 6.07) is 18.2. The predicted molar refractivity (Wildman–Crippen MR) is 75.5 cm³/mol. The molecule has 0 heterocycles. The van der Waals surface area contributed by atoms with Crippen molar-refractivity contribution >= 4 is 44.6 Å². The van der Waals surface area contributed by atoms with E-state index < -0.39 is 0 Å². The molecule has 0 amide bonds. The molecule has 0 saturated heterocycles. The molecule has 0 aliphatic heterocycles. The SMILES string of the molecule is Cc1ccc(C)c2c1ccc1cc[c-]cc12.[Br-].[Mg+2]. The first-order chi connectivity index (χ1) is 7.77. The van der Waals surface area contributed by atoms with Crippen LogP contribution in [0.3, 0.4) is 0 Å². The maximum atomic E-state index is 3.17. The van der Waals surface area contributed by atoms with Crippen LogP contribution in [-0.2, 0) is 0 Å². The van der Waals surface area contributed by atoms with E-state index in [0.717, 1.165) is 0 Å². The van der Waals surface area contributed by atoms with Crippen LogP contribution in [0.5, 0.6) is 0 Å². The van der Waals surface area contributed by atoms with Crippen molar-refractivity contribution in [1.82, 2.24) is 0 Å². The van der Waals surface area contributed by atoms with Gasteiger partial charge in [0.15, 0.2) is 0 Å². The summed E-state index contributed by atoms with van der Waals surface area (Å²) in [6.45, 7) is 4.34. The minimum absolute atomic E-state index is 0. The van der Waals surface area contributed by atoms with E-state index in [2.05, 4.69) is 56.3 Å². The summed E-state index contributed by atoms with van der Waals surface area (Å²) in [4.78, 5) is 0. The van der Waals surface area contributed by atoms with Gasteiger partial charge in [0.2, 0.25) is 0 Å². The predicted octanol–water partition coefficient (Wildman–Crippen LogP) is 1.03. The van der Waals surface area contributed by atoms with Gasteiger partial charge < -0.3 is 17.0 Å². The molecule has 0 unspecified atom stereocenters. The Morgan fingerprint density at radius 2 is 1.56 bits per heavy atom. The Morgan fingerprint density at radius 3 is 2.33 bits per heavy atom. The first-order valence-corrected chi connectivity index (χ1v) is 5.56. The fourth-order valence-electron chi connectivity index (χ4n) is 2.38. The first-order valence-electron chi connectivity index (χ1n) is 5.56. The second-order valence-electron chi connectivity index (χ2n) is 4.33. The Bertz CT molecular complexity index is 689. The number of aryl methyl sites for hydroxylation is 2. The molecule has 18 heavy (non-hydrogen) atoms. The van der Waals surface area contributed by atoms with E-state index in [1.54, 1.807) is 0 Å². The average Bonchev–Trinajstić information content (AvgIpc) is 2.33. The summed E-state index contributed by atoms with van der Waals surface area (Å²) in [5.74, 6) is 0. The number of hydrogen-bond donors (Lipinski definition) is 0. The van der Waals surface area contributed by atoms with Crippen LogP contribution in [0.15, 0.2) is 42.5 Å². The summed E-state index contributed by atoms with van der Waals surface area (Å²) < 4.78 is 0. The van der Waals surface area contributed by atoms with Crippen molar-refractivity contribution < 1.29 is 17.0 Å². The van der Waals surface area contributed by atoms with Gasteiger partial charge in [-0.2, -0.15) is 24.3 Å². The minimum Gasteiger partial charge on any atom is -1.00 e. The maximum Gasteiger partial charge on any atom is 2.00 e. The third-order valence-electron chi connectivity index (χ3n) is 3.27. The Morgan fingerprint density at radius 1 is 0.833 bits per heavy atom. The van der Waals surface area contributed by atoms with E-state index in [4.69, 9.17) is 0 Å². The molecule has 2 heteroatoms. The van der Waals surface area contributed by atoms with Gasteiger partial charge in [0.05, 0.1) is 0 Å². The van der Waals surface area contributed by atoms with E-state index in [0.29, 0.717) is 0 Å². The first kappa shape index (κ1) is 15.5. The Balaban J connectivity index is 0.000000810. The van der Waals surface area contributed by atoms with E-state index in [1.165, 1.54) is 32.7 Å². The van der Waals surface area contributed by atoms with Crippen molar-refractivity contribution in [3.05, 3.63) is 59.7 Å². The monoisotopic (exact) mass is 308 g/mol. The van der Waals surface area contributed by atoms with E-state index in [-0.39, 0.29) is 40.0 Å². The van der Waals surface area contributed by atoms with Crippen molar-refractivity contribution in [2.45, 2.75) is 13.8 Å². The van der Waals surface area contributed by atoms with Crippen LogP contribution in [0.4, 0.5) is 0 Å². The topological polar surface area (TPSA) is 0 Å². The zero-order valence-electron chi connectivity index (χ0n) is 10.6. The third kappa shape index (κ3) is 2.42. The molecule has 0 aliphatic rings. The van der Waals surface area contributed by atoms with E-state index >= 15 is 0 Å². The van der Waals surface area contributed by atoms with Gasteiger partial charge in [-0.3, -0.25) is 0 Å². The van der Waals surface area contributed by atoms with Gasteiger partial charge in [0.1, 0.15) is 0 Å². The molecule has 0 N–H and O–H groups in total. The standard InChI is InChI=1S/C16H13.BrH.Mg/c1-11-7-8-12(2)16-14(11)10-9-13-5-3-4-6-15(13)16;;/h3,5-10H,1-2H3;1H;/q-1;;+2/p-1. The molecular weight excluding hydrogens is 296 g/mol. The van der Waals surface area contributed by atoms with Crippen LogP contribution < -0.4 is 17.0 Å². The van der Waals surface area contributed by atoms with Crippen LogP contribution in [0, 0.1) is 19.9 Å². The fourth-order valence-corrected chi connectivity index (χ4v) is 2.38. The zero-order chi connectivity index (χ0) is 11.1. The van der Waals surface area contributed by atoms with Gasteiger partial charge in [-0.1, -0.05) is 35.2 Å². The van der Waals surface area contributed by atoms with Crippen molar-refractivity contribution in [1.29, 1.82) is 0 Å². The normalized spacial score (nSPS) is 9.89. The molecule has 0 bridgehead atoms. The summed E-state index contributed by atoms with van der Waals surface area (Å²) >= 11 is 0. The number of hydrogen-bond acceptors (Lipinski definition) is 0. The van der Waals surface area contributed by atoms with Gasteiger partial charge in [0.25, 0.3) is 0 Å². The van der Waals surface area contributed by atoms with Crippen molar-refractivity contribution in [2.75, 3.05) is 0 Å². The van der Waals surface area contributed by atoms with Crippen molar-refractivity contribution in [2.24, 2.45) is 0 Å². The maximum absolute atomic E-state index is 3.17. The smallest absolute Gasteiger partial charge is 1.00 e. The largest absolute Gasteiger partial charge is 2.00 e. The minimum atomic E-state index is 0. The van der Waals surface area contributed by atoms with Gasteiger partial charge in [-0.15, -0.1) is 10.8 Å². The fraction of sp³-hybridized carbons (Fsp3) is 0.125. The van der Waals surface area contributed by atoms with Gasteiger partial charge >= 0.3 is 23.1 Å². The van der Waals surface area contributed by atoms with Crippen molar-refractivity contribution in [3.63, 3.8) is 0 Å². The van der Waals surface area contributed by atoms with Gasteiger partial charge in [0, 0.05) is 0 Å². The molecule has 0 aromatic heterocycles. The van der Waals surface area contributed by atoms with Gasteiger partial charge in [-0.05, 0) is 24.8 Å². The molecule has 0 spiro atoms. The van der Waals surface area contributed by atoms with E-state index in [1.807, 2.05) is 6.07 Å². The molecule has 0 radical (unpaired) electrons. The average molecular weight is 309 g/mol. The summed E-state index contributed by atoms with van der Waals surface area (Å²) in [5.41, 5.74) is 2.68. The summed E-state index contributed by atoms with van der Waals surface area (Å²) in [5, 5.41) is 5.32. The number of rotatable bonds is 0. The molecule has 0 fully saturated rings. The third-order valence-corrected chi connectivity index (χ3v) is 3.27. The van der Waals surface area contributed by atoms with Crippen molar-refractivity contribution in [3.8, 4) is 0 Å². The molecular formula is C16H13BrMg. The van der Waals surface area contributed by atoms with Crippen LogP contribution in [-0.4, -0.2) is 23.1 Å². The van der Waals surface area contributed by atoms with Gasteiger partial charge in [-0.25, -0.2) is 0 Å². The summed E-state index contributed by atoms with van der Waals surface area (Å²) in [6.07, 6.45) is 0. The molecule has 0 nitrogen and oxygen atoms in total. The zero-order valence-corrected chi connectivity index (χ0v) is 13.6. The molecule has 0 aliphatic carbocycles. The van der Waals surface area contributed by atoms with Crippen LogP contribution >= 0.6 is 0 Å².